The molecule has 2 heterocycles. The maximum atomic E-state index is 12.4. The molecule has 2 aromatic heterocycles. The number of amides is 1. The SMILES string of the molecule is CCOc1ccccc1C(=O)NCC(=O)OCc1nc(N)c2c3c(sc2n1)CCCCC3. The number of aromatic nitrogens is 2. The minimum atomic E-state index is -0.587. The molecule has 3 aromatic rings. The Kier molecular flexibility index (Phi) is 6.84. The van der Waals surface area contributed by atoms with Crippen LogP contribution in [0.2, 0.25) is 0 Å². The Bertz CT molecular complexity index is 1140. The smallest absolute Gasteiger partial charge is 0.325 e. The number of hydrogen-bond acceptors (Lipinski definition) is 8. The first-order valence-corrected chi connectivity index (χ1v) is 11.6. The summed E-state index contributed by atoms with van der Waals surface area (Å²) in [5, 5.41) is 3.50. The second-order valence-electron chi connectivity index (χ2n) is 7.54. The molecule has 4 rings (SSSR count). The molecule has 32 heavy (non-hydrogen) atoms. The van der Waals surface area contributed by atoms with Crippen molar-refractivity contribution in [2.75, 3.05) is 18.9 Å². The second kappa shape index (κ2) is 9.95. The van der Waals surface area contributed by atoms with Crippen LogP contribution in [0.1, 0.15) is 52.8 Å². The number of aryl methyl sites for hydroxylation is 2. The third-order valence-electron chi connectivity index (χ3n) is 5.33. The van der Waals surface area contributed by atoms with Gasteiger partial charge in [-0.3, -0.25) is 9.59 Å². The van der Waals surface area contributed by atoms with Crippen LogP contribution in [-0.2, 0) is 29.0 Å². The maximum absolute atomic E-state index is 12.4. The van der Waals surface area contributed by atoms with Crippen LogP contribution >= 0.6 is 11.3 Å². The number of hydrogen-bond donors (Lipinski definition) is 2. The number of rotatable bonds is 7. The van der Waals surface area contributed by atoms with Gasteiger partial charge in [0.1, 0.15) is 22.9 Å². The molecule has 1 aliphatic carbocycles. The number of para-hydroxylation sites is 1. The van der Waals surface area contributed by atoms with E-state index in [-0.39, 0.29) is 13.2 Å². The highest BCUT2D eigenvalue weighted by Gasteiger charge is 2.20. The van der Waals surface area contributed by atoms with Crippen molar-refractivity contribution in [1.29, 1.82) is 0 Å². The van der Waals surface area contributed by atoms with Gasteiger partial charge in [0.25, 0.3) is 5.91 Å². The molecule has 1 aliphatic rings. The van der Waals surface area contributed by atoms with Gasteiger partial charge in [0.05, 0.1) is 17.6 Å². The molecule has 0 radical (unpaired) electrons. The van der Waals surface area contributed by atoms with Crippen molar-refractivity contribution < 1.29 is 19.1 Å². The molecule has 0 atom stereocenters. The molecule has 168 valence electrons. The highest BCUT2D eigenvalue weighted by Crippen LogP contribution is 2.37. The Morgan fingerprint density at radius 1 is 1.16 bits per heavy atom. The first-order valence-electron chi connectivity index (χ1n) is 10.8. The highest BCUT2D eigenvalue weighted by atomic mass is 32.1. The van der Waals surface area contributed by atoms with E-state index in [0.29, 0.717) is 29.6 Å². The molecule has 0 spiro atoms. The van der Waals surface area contributed by atoms with Crippen molar-refractivity contribution in [1.82, 2.24) is 15.3 Å². The topological polar surface area (TPSA) is 116 Å². The zero-order chi connectivity index (χ0) is 22.5. The van der Waals surface area contributed by atoms with Crippen molar-refractivity contribution in [3.8, 4) is 5.75 Å². The van der Waals surface area contributed by atoms with E-state index in [9.17, 15) is 9.59 Å². The lowest BCUT2D eigenvalue weighted by molar-refractivity contribution is -0.143. The van der Waals surface area contributed by atoms with Gasteiger partial charge in [0.15, 0.2) is 12.4 Å². The monoisotopic (exact) mass is 454 g/mol. The average molecular weight is 455 g/mol. The van der Waals surface area contributed by atoms with Crippen molar-refractivity contribution >= 4 is 39.2 Å². The van der Waals surface area contributed by atoms with E-state index in [1.165, 1.54) is 23.3 Å². The Morgan fingerprint density at radius 2 is 1.97 bits per heavy atom. The van der Waals surface area contributed by atoms with Gasteiger partial charge in [-0.25, -0.2) is 9.97 Å². The summed E-state index contributed by atoms with van der Waals surface area (Å²) in [6.07, 6.45) is 5.61. The molecule has 0 saturated carbocycles. The fraction of sp³-hybridized carbons (Fsp3) is 0.391. The number of carbonyl (C=O) groups is 2. The Labute approximate surface area is 190 Å². The third-order valence-corrected chi connectivity index (χ3v) is 6.51. The summed E-state index contributed by atoms with van der Waals surface area (Å²) in [4.78, 5) is 35.6. The van der Waals surface area contributed by atoms with Crippen molar-refractivity contribution in [2.45, 2.75) is 45.6 Å². The average Bonchev–Trinajstić information content (AvgIpc) is 2.98. The second-order valence-corrected chi connectivity index (χ2v) is 8.63. The van der Waals surface area contributed by atoms with Crippen LogP contribution in [0.15, 0.2) is 24.3 Å². The number of carbonyl (C=O) groups excluding carboxylic acids is 2. The molecule has 0 aliphatic heterocycles. The minimum absolute atomic E-state index is 0.104. The fourth-order valence-corrected chi connectivity index (χ4v) is 5.14. The van der Waals surface area contributed by atoms with Gasteiger partial charge >= 0.3 is 5.97 Å². The van der Waals surface area contributed by atoms with Crippen LogP contribution in [0.4, 0.5) is 5.82 Å². The summed E-state index contributed by atoms with van der Waals surface area (Å²) < 4.78 is 10.7. The number of esters is 1. The molecule has 3 N–H and O–H groups in total. The number of ether oxygens (including phenoxy) is 2. The van der Waals surface area contributed by atoms with E-state index in [1.807, 2.05) is 6.92 Å². The Morgan fingerprint density at radius 3 is 2.81 bits per heavy atom. The first-order chi connectivity index (χ1) is 15.6. The predicted molar refractivity (Wildman–Crippen MR) is 123 cm³/mol. The lowest BCUT2D eigenvalue weighted by Crippen LogP contribution is -2.31. The van der Waals surface area contributed by atoms with Crippen LogP contribution < -0.4 is 15.8 Å². The normalized spacial score (nSPS) is 13.3. The van der Waals surface area contributed by atoms with Crippen molar-refractivity contribution in [3.63, 3.8) is 0 Å². The number of nitrogens with one attached hydrogen (secondary N) is 1. The molecule has 1 amide bonds. The van der Waals surface area contributed by atoms with Gasteiger partial charge in [0, 0.05) is 4.88 Å². The molecule has 0 bridgehead atoms. The number of nitrogen functional groups attached to an aromatic ring is 1. The van der Waals surface area contributed by atoms with Crippen LogP contribution in [0, 0.1) is 0 Å². The molecular formula is C23H26N4O4S. The predicted octanol–water partition coefficient (Wildman–Crippen LogP) is 3.41. The number of nitrogens with zero attached hydrogens (tertiary/aromatic N) is 2. The van der Waals surface area contributed by atoms with E-state index in [1.54, 1.807) is 35.6 Å². The zero-order valence-electron chi connectivity index (χ0n) is 18.0. The van der Waals surface area contributed by atoms with Crippen LogP contribution in [-0.4, -0.2) is 35.0 Å². The summed E-state index contributed by atoms with van der Waals surface area (Å²) >= 11 is 1.65. The quantitative estimate of drug-likeness (QED) is 0.415. The van der Waals surface area contributed by atoms with Crippen LogP contribution in [0.5, 0.6) is 5.75 Å². The number of fused-ring (bicyclic) bond motifs is 3. The first kappa shape index (κ1) is 22.0. The van der Waals surface area contributed by atoms with E-state index < -0.39 is 11.9 Å². The molecule has 0 fully saturated rings. The molecule has 0 unspecified atom stereocenters. The summed E-state index contributed by atoms with van der Waals surface area (Å²) in [7, 11) is 0. The number of benzene rings is 1. The lowest BCUT2D eigenvalue weighted by atomic mass is 10.1. The Balaban J connectivity index is 1.36. The van der Waals surface area contributed by atoms with E-state index >= 15 is 0 Å². The largest absolute Gasteiger partial charge is 0.493 e. The Hall–Kier alpha value is -3.20. The lowest BCUT2D eigenvalue weighted by Gasteiger charge is -2.10. The van der Waals surface area contributed by atoms with E-state index in [2.05, 4.69) is 15.3 Å². The fourth-order valence-electron chi connectivity index (χ4n) is 3.85. The summed E-state index contributed by atoms with van der Waals surface area (Å²) in [5.41, 5.74) is 7.87. The van der Waals surface area contributed by atoms with E-state index in [0.717, 1.165) is 29.5 Å². The van der Waals surface area contributed by atoms with Crippen molar-refractivity contribution in [2.24, 2.45) is 0 Å². The summed E-state index contributed by atoms with van der Waals surface area (Å²) in [5.74, 6) is 0.255. The van der Waals surface area contributed by atoms with Crippen LogP contribution in [0.25, 0.3) is 10.2 Å². The van der Waals surface area contributed by atoms with Gasteiger partial charge in [-0.2, -0.15) is 0 Å². The maximum Gasteiger partial charge on any atom is 0.325 e. The molecule has 9 heteroatoms. The van der Waals surface area contributed by atoms with Gasteiger partial charge in [-0.05, 0) is 50.3 Å². The van der Waals surface area contributed by atoms with Gasteiger partial charge in [-0.15, -0.1) is 11.3 Å². The van der Waals surface area contributed by atoms with Crippen LogP contribution in [0.3, 0.4) is 0 Å². The minimum Gasteiger partial charge on any atom is -0.493 e. The number of nitrogens with two attached hydrogens (primary N) is 1. The molecular weight excluding hydrogens is 428 g/mol. The molecule has 8 nitrogen and oxygen atoms in total. The number of thiophene rings is 1. The molecule has 1 aromatic carbocycles. The van der Waals surface area contributed by atoms with Gasteiger partial charge < -0.3 is 20.5 Å². The van der Waals surface area contributed by atoms with E-state index in [4.69, 9.17) is 15.2 Å². The molecule has 0 saturated heterocycles. The summed E-state index contributed by atoms with van der Waals surface area (Å²) in [6, 6.07) is 6.86. The summed E-state index contributed by atoms with van der Waals surface area (Å²) in [6.45, 7) is 1.90. The van der Waals surface area contributed by atoms with Gasteiger partial charge in [-0.1, -0.05) is 18.6 Å². The highest BCUT2D eigenvalue weighted by molar-refractivity contribution is 7.19. The standard InChI is InChI=1S/C23H26N4O4S/c1-2-30-16-10-7-6-8-14(16)22(29)25-12-19(28)31-13-18-26-21(24)20-15-9-4-3-5-11-17(15)32-23(20)27-18/h6-8,10H,2-5,9,11-13H2,1H3,(H,25,29)(H2,24,26,27). The van der Waals surface area contributed by atoms with Crippen molar-refractivity contribution in [3.05, 3.63) is 46.1 Å². The third kappa shape index (κ3) is 4.83. The van der Waals surface area contributed by atoms with Gasteiger partial charge in [0.2, 0.25) is 0 Å². The number of anilines is 1. The zero-order valence-corrected chi connectivity index (χ0v) is 18.8.